The first kappa shape index (κ1) is 66.1. The zero-order valence-corrected chi connectivity index (χ0v) is 52.3. The Morgan fingerprint density at radius 1 is 0.595 bits per heavy atom. The lowest BCUT2D eigenvalue weighted by molar-refractivity contribution is 0.397. The fourth-order valence-corrected chi connectivity index (χ4v) is 10.5. The molecule has 0 atom stereocenters. The Morgan fingerprint density at radius 2 is 1.09 bits per heavy atom. The van der Waals surface area contributed by atoms with Crippen molar-refractivity contribution in [3.8, 4) is 11.1 Å². The van der Waals surface area contributed by atoms with E-state index in [9.17, 15) is 0 Å². The smallest absolute Gasteiger partial charge is 0.0743 e. The Bertz CT molecular complexity index is 2300. The van der Waals surface area contributed by atoms with E-state index in [4.69, 9.17) is 4.99 Å². The highest BCUT2D eigenvalue weighted by Gasteiger charge is 2.43. The maximum Gasteiger partial charge on any atom is 0.0743 e. The first-order valence-electron chi connectivity index (χ1n) is 30.6. The second-order valence-electron chi connectivity index (χ2n) is 24.5. The van der Waals surface area contributed by atoms with Crippen molar-refractivity contribution < 1.29 is 0 Å². The van der Waals surface area contributed by atoms with Crippen molar-refractivity contribution in [2.24, 2.45) is 16.3 Å². The molecule has 0 radical (unpaired) electrons. The molecule has 4 rings (SSSR count). The monoisotopic (exact) mass is 1010 g/mol. The summed E-state index contributed by atoms with van der Waals surface area (Å²) in [6.07, 6.45) is 34.2. The van der Waals surface area contributed by atoms with Crippen LogP contribution in [0.2, 0.25) is 0 Å². The van der Waals surface area contributed by atoms with E-state index in [1.54, 1.807) is 11.1 Å². The lowest BCUT2D eigenvalue weighted by Crippen LogP contribution is -2.26. The second-order valence-corrected chi connectivity index (χ2v) is 24.5. The summed E-state index contributed by atoms with van der Waals surface area (Å²) in [5.41, 5.74) is 21.7. The number of hydrogen-bond donors (Lipinski definition) is 0. The molecule has 412 valence electrons. The molecule has 0 saturated carbocycles. The van der Waals surface area contributed by atoms with Crippen LogP contribution in [0, 0.1) is 18.3 Å². The van der Waals surface area contributed by atoms with Crippen LogP contribution in [0.4, 0.5) is 5.69 Å². The van der Waals surface area contributed by atoms with Gasteiger partial charge in [0.15, 0.2) is 0 Å². The second kappa shape index (κ2) is 33.2. The highest BCUT2D eigenvalue weighted by molar-refractivity contribution is 6.02. The van der Waals surface area contributed by atoms with E-state index in [0.717, 1.165) is 43.5 Å². The van der Waals surface area contributed by atoms with Crippen molar-refractivity contribution in [3.63, 3.8) is 0 Å². The zero-order chi connectivity index (χ0) is 55.6. The number of rotatable bonds is 27. The molecule has 1 heteroatoms. The van der Waals surface area contributed by atoms with Gasteiger partial charge in [-0.1, -0.05) is 286 Å². The summed E-state index contributed by atoms with van der Waals surface area (Å²) >= 11 is 0. The molecule has 1 aliphatic carbocycles. The van der Waals surface area contributed by atoms with Crippen LogP contribution in [-0.2, 0) is 10.8 Å². The van der Waals surface area contributed by atoms with Crippen LogP contribution >= 0.6 is 0 Å². The van der Waals surface area contributed by atoms with Crippen LogP contribution in [0.5, 0.6) is 0 Å². The van der Waals surface area contributed by atoms with Gasteiger partial charge in [-0.05, 0) is 149 Å². The normalized spacial score (nSPS) is 14.1. The topological polar surface area (TPSA) is 12.4 Å². The van der Waals surface area contributed by atoms with Crippen LogP contribution in [-0.4, -0.2) is 5.71 Å². The Morgan fingerprint density at radius 3 is 1.61 bits per heavy atom. The number of nitrogens with zero attached hydrogens (tertiary/aromatic N) is 1. The molecular formula is C73H115N. The van der Waals surface area contributed by atoms with E-state index >= 15 is 0 Å². The lowest BCUT2D eigenvalue weighted by atomic mass is 9.69. The van der Waals surface area contributed by atoms with Crippen molar-refractivity contribution in [1.29, 1.82) is 0 Å². The maximum atomic E-state index is 5.68. The quantitative estimate of drug-likeness (QED) is 0.0410. The Balaban J connectivity index is 0.00000361. The molecule has 0 aliphatic heterocycles. The molecule has 3 aromatic carbocycles. The molecule has 74 heavy (non-hydrogen) atoms. The van der Waals surface area contributed by atoms with E-state index in [-0.39, 0.29) is 16.2 Å². The van der Waals surface area contributed by atoms with Gasteiger partial charge in [0.05, 0.1) is 5.69 Å². The van der Waals surface area contributed by atoms with Crippen molar-refractivity contribution in [1.82, 2.24) is 0 Å². The zero-order valence-electron chi connectivity index (χ0n) is 52.3. The van der Waals surface area contributed by atoms with Gasteiger partial charge in [-0.25, -0.2) is 0 Å². The SMILES string of the molecule is C=C(CCC)C(CC(C)C)=Nc1c(/C(=C/C=C(\C)c2ccc3c(c2)C(CCCCCCCC)(CCCCCCCC)c2cc(C(C)(C)C)ccc2-3)CCC)ccc(/C(C)=C/C=C(\C)C(C)(C)C)c1C.CC.CCC. The highest BCUT2D eigenvalue weighted by Crippen LogP contribution is 2.55. The molecule has 0 amide bonds. The average molecular weight is 1010 g/mol. The maximum absolute atomic E-state index is 5.68. The number of unbranched alkanes of at least 4 members (excludes halogenated alkanes) is 10. The molecule has 0 fully saturated rings. The minimum Gasteiger partial charge on any atom is -0.252 e. The van der Waals surface area contributed by atoms with Crippen LogP contribution in [0.1, 0.15) is 299 Å². The molecule has 1 aliphatic rings. The summed E-state index contributed by atoms with van der Waals surface area (Å²) in [7, 11) is 0. The van der Waals surface area contributed by atoms with Gasteiger partial charge in [-0.15, -0.1) is 0 Å². The van der Waals surface area contributed by atoms with Gasteiger partial charge in [0.2, 0.25) is 0 Å². The largest absolute Gasteiger partial charge is 0.252 e. The minimum absolute atomic E-state index is 0.0381. The fraction of sp³-hybridized carbons (Fsp3) is 0.603. The Kier molecular flexibility index (Phi) is 29.7. The predicted octanol–water partition coefficient (Wildman–Crippen LogP) is 24.7. The van der Waals surface area contributed by atoms with Crippen molar-refractivity contribution >= 4 is 28.1 Å². The van der Waals surface area contributed by atoms with Crippen molar-refractivity contribution in [2.75, 3.05) is 0 Å². The summed E-state index contributed by atoms with van der Waals surface area (Å²) in [5.74, 6) is 0.489. The van der Waals surface area contributed by atoms with E-state index in [2.05, 4.69) is 204 Å². The lowest BCUT2D eigenvalue weighted by Gasteiger charge is -2.34. The number of aliphatic imine (C=N–C) groups is 1. The third-order valence-corrected chi connectivity index (χ3v) is 15.4. The average Bonchev–Trinajstić information content (AvgIpc) is 3.62. The van der Waals surface area contributed by atoms with E-state index < -0.39 is 0 Å². The Labute approximate surface area is 460 Å². The van der Waals surface area contributed by atoms with E-state index in [1.165, 1.54) is 163 Å². The fourth-order valence-electron chi connectivity index (χ4n) is 10.5. The molecule has 0 bridgehead atoms. The van der Waals surface area contributed by atoms with Crippen LogP contribution < -0.4 is 0 Å². The molecular weight excluding hydrogens is 891 g/mol. The summed E-state index contributed by atoms with van der Waals surface area (Å²) in [6.45, 7) is 49.9. The van der Waals surface area contributed by atoms with Crippen LogP contribution in [0.3, 0.4) is 0 Å². The van der Waals surface area contributed by atoms with Gasteiger partial charge in [0, 0.05) is 16.7 Å². The molecule has 0 aromatic heterocycles. The summed E-state index contributed by atoms with van der Waals surface area (Å²) < 4.78 is 0. The standard InChI is InChI=1S/C68H101N.C3H8.C2H6/c1-18-22-24-26-28-30-44-68(45-31-29-27-25-23-19-2)62-47-56(38-40-60(62)61-41-39-57(48-63(61)68)67(15,16)17)50(7)35-37-55(33-21-4)59-43-42-58(51(8)34-36-53(10)66(12,13)14)54(11)65(59)69-64(46-49(5)6)52(9)32-20-3;1-3-2;1-2/h34-43,47-49H,9,18-33,44-46H2,1-8,10-17H3;3H2,1-2H3;1-2H3/b50-35+,51-34+,53-36+,55-37+,69-64?;;. The molecule has 3 aromatic rings. The van der Waals surface area contributed by atoms with Gasteiger partial charge in [-0.3, -0.25) is 4.99 Å². The predicted molar refractivity (Wildman–Crippen MR) is 340 cm³/mol. The van der Waals surface area contributed by atoms with Gasteiger partial charge in [-0.2, -0.15) is 0 Å². The minimum atomic E-state index is 0.0381. The molecule has 0 heterocycles. The summed E-state index contributed by atoms with van der Waals surface area (Å²) in [6, 6.07) is 19.8. The third-order valence-electron chi connectivity index (χ3n) is 15.4. The van der Waals surface area contributed by atoms with Gasteiger partial charge < -0.3 is 0 Å². The highest BCUT2D eigenvalue weighted by atomic mass is 14.8. The van der Waals surface area contributed by atoms with Gasteiger partial charge in [0.1, 0.15) is 0 Å². The van der Waals surface area contributed by atoms with Crippen LogP contribution in [0.25, 0.3) is 27.8 Å². The Hall–Kier alpha value is -3.97. The first-order chi connectivity index (χ1) is 35.1. The molecule has 0 N–H and O–H groups in total. The molecule has 0 unspecified atom stereocenters. The number of allylic oxidation sites excluding steroid dienone is 9. The van der Waals surface area contributed by atoms with Gasteiger partial charge in [0.25, 0.3) is 0 Å². The van der Waals surface area contributed by atoms with Gasteiger partial charge >= 0.3 is 0 Å². The number of hydrogen-bond acceptors (Lipinski definition) is 1. The molecule has 0 saturated heterocycles. The van der Waals surface area contributed by atoms with Crippen molar-refractivity contribution in [2.45, 2.75) is 278 Å². The number of benzene rings is 3. The number of fused-ring (bicyclic) bond motifs is 3. The van der Waals surface area contributed by atoms with Crippen molar-refractivity contribution in [3.05, 3.63) is 130 Å². The van der Waals surface area contributed by atoms with E-state index in [0.29, 0.717) is 5.92 Å². The first-order valence-corrected chi connectivity index (χ1v) is 30.6. The molecule has 1 nitrogen and oxygen atoms in total. The summed E-state index contributed by atoms with van der Waals surface area (Å²) in [4.78, 5) is 5.68. The van der Waals surface area contributed by atoms with E-state index in [1.807, 2.05) is 13.8 Å². The summed E-state index contributed by atoms with van der Waals surface area (Å²) in [5, 5.41) is 0. The molecule has 0 spiro atoms. The third kappa shape index (κ3) is 19.6. The van der Waals surface area contributed by atoms with Crippen LogP contribution in [0.15, 0.2) is 95.6 Å².